The molecule has 0 saturated carbocycles. The van der Waals surface area contributed by atoms with Crippen LogP contribution < -0.4 is 5.32 Å². The van der Waals surface area contributed by atoms with Gasteiger partial charge in [-0.1, -0.05) is 47.1 Å². The van der Waals surface area contributed by atoms with E-state index in [0.29, 0.717) is 21.8 Å². The highest BCUT2D eigenvalue weighted by Crippen LogP contribution is 2.34. The Labute approximate surface area is 132 Å². The third-order valence-electron chi connectivity index (χ3n) is 2.25. The molecule has 2 rings (SSSR count). The van der Waals surface area contributed by atoms with E-state index in [0.717, 1.165) is 11.3 Å². The molecule has 0 spiro atoms. The standard InChI is InChI=1S/C12H7Cl2F2NOS2/c13-9-5-6(10(14)20-9)11(18)17-7-3-1-2-4-8(7)19-12(15)16/h1-5,12H,(H,17,18). The summed E-state index contributed by atoms with van der Waals surface area (Å²) in [7, 11) is 0. The minimum Gasteiger partial charge on any atom is -0.321 e. The van der Waals surface area contributed by atoms with Gasteiger partial charge in [-0.3, -0.25) is 4.79 Å². The van der Waals surface area contributed by atoms with Crippen LogP contribution >= 0.6 is 46.3 Å². The number of amides is 1. The molecule has 0 aliphatic rings. The predicted molar refractivity (Wildman–Crippen MR) is 80.6 cm³/mol. The average molecular weight is 354 g/mol. The summed E-state index contributed by atoms with van der Waals surface area (Å²) in [6.07, 6.45) is 0. The molecule has 1 aromatic heterocycles. The van der Waals surface area contributed by atoms with Gasteiger partial charge < -0.3 is 5.32 Å². The lowest BCUT2D eigenvalue weighted by atomic mass is 10.3. The highest BCUT2D eigenvalue weighted by molar-refractivity contribution is 7.99. The molecule has 1 aromatic carbocycles. The third-order valence-corrected chi connectivity index (χ3v) is 4.53. The van der Waals surface area contributed by atoms with Crippen molar-refractivity contribution in [3.05, 3.63) is 44.6 Å². The molecular formula is C12H7Cl2F2NOS2. The van der Waals surface area contributed by atoms with Crippen LogP contribution in [0.1, 0.15) is 10.4 Å². The topological polar surface area (TPSA) is 29.1 Å². The molecule has 8 heteroatoms. The lowest BCUT2D eigenvalue weighted by Gasteiger charge is -2.09. The van der Waals surface area contributed by atoms with Crippen LogP contribution in [0, 0.1) is 0 Å². The molecule has 0 fully saturated rings. The number of anilines is 1. The normalized spacial score (nSPS) is 10.8. The summed E-state index contributed by atoms with van der Waals surface area (Å²) in [5, 5.41) is 2.56. The lowest BCUT2D eigenvalue weighted by molar-refractivity contribution is 0.102. The molecular weight excluding hydrogens is 347 g/mol. The summed E-state index contributed by atoms with van der Waals surface area (Å²) in [5.74, 6) is -3.05. The van der Waals surface area contributed by atoms with Gasteiger partial charge in [0.05, 0.1) is 15.6 Å². The van der Waals surface area contributed by atoms with Gasteiger partial charge in [0.1, 0.15) is 4.34 Å². The van der Waals surface area contributed by atoms with E-state index in [-0.39, 0.29) is 14.8 Å². The number of hydrogen-bond donors (Lipinski definition) is 1. The molecule has 0 aliphatic heterocycles. The van der Waals surface area contributed by atoms with Crippen LogP contribution in [0.15, 0.2) is 35.2 Å². The van der Waals surface area contributed by atoms with E-state index in [1.165, 1.54) is 12.1 Å². The zero-order chi connectivity index (χ0) is 14.7. The maximum atomic E-state index is 12.4. The van der Waals surface area contributed by atoms with Gasteiger partial charge in [-0.2, -0.15) is 8.78 Å². The molecule has 0 saturated heterocycles. The molecule has 0 aliphatic carbocycles. The Bertz CT molecular complexity index is 634. The van der Waals surface area contributed by atoms with Crippen molar-refractivity contribution in [2.24, 2.45) is 0 Å². The molecule has 2 nitrogen and oxygen atoms in total. The average Bonchev–Trinajstić information content (AvgIpc) is 2.70. The van der Waals surface area contributed by atoms with Crippen LogP contribution in [0.3, 0.4) is 0 Å². The maximum absolute atomic E-state index is 12.4. The second kappa shape index (κ2) is 6.76. The SMILES string of the molecule is O=C(Nc1ccccc1SC(F)F)c1cc(Cl)sc1Cl. The van der Waals surface area contributed by atoms with E-state index in [1.807, 2.05) is 0 Å². The van der Waals surface area contributed by atoms with E-state index < -0.39 is 11.7 Å². The molecule has 1 heterocycles. The largest absolute Gasteiger partial charge is 0.321 e. The maximum Gasteiger partial charge on any atom is 0.288 e. The fourth-order valence-corrected chi connectivity index (χ4v) is 3.51. The van der Waals surface area contributed by atoms with Crippen LogP contribution in [-0.4, -0.2) is 11.7 Å². The van der Waals surface area contributed by atoms with Crippen LogP contribution in [-0.2, 0) is 0 Å². The number of para-hydroxylation sites is 1. The van der Waals surface area contributed by atoms with Gasteiger partial charge in [-0.05, 0) is 18.2 Å². The zero-order valence-corrected chi connectivity index (χ0v) is 12.8. The van der Waals surface area contributed by atoms with E-state index >= 15 is 0 Å². The van der Waals surface area contributed by atoms with E-state index in [9.17, 15) is 13.6 Å². The Balaban J connectivity index is 2.22. The number of halogens is 4. The Hall–Kier alpha value is -0.820. The first-order chi connectivity index (χ1) is 9.47. The van der Waals surface area contributed by atoms with Crippen LogP contribution in [0.2, 0.25) is 8.67 Å². The molecule has 0 bridgehead atoms. The van der Waals surface area contributed by atoms with Crippen LogP contribution in [0.4, 0.5) is 14.5 Å². The van der Waals surface area contributed by atoms with Crippen molar-refractivity contribution >= 4 is 57.9 Å². The quantitative estimate of drug-likeness (QED) is 0.722. The summed E-state index contributed by atoms with van der Waals surface area (Å²) < 4.78 is 25.5. The van der Waals surface area contributed by atoms with Gasteiger partial charge in [0.15, 0.2) is 0 Å². The van der Waals surface area contributed by atoms with Gasteiger partial charge >= 0.3 is 0 Å². The minimum absolute atomic E-state index is 0.221. The van der Waals surface area contributed by atoms with Crippen LogP contribution in [0.5, 0.6) is 0 Å². The summed E-state index contributed by atoms with van der Waals surface area (Å²) in [5.41, 5.74) is 0.528. The first-order valence-electron chi connectivity index (χ1n) is 5.27. The number of alkyl halides is 2. The van der Waals surface area contributed by atoms with Crippen LogP contribution in [0.25, 0.3) is 0 Å². The second-order valence-corrected chi connectivity index (χ2v) is 6.88. The van der Waals surface area contributed by atoms with E-state index in [4.69, 9.17) is 23.2 Å². The predicted octanol–water partition coefficient (Wildman–Crippen LogP) is 5.62. The van der Waals surface area contributed by atoms with Gasteiger partial charge in [0.2, 0.25) is 0 Å². The second-order valence-electron chi connectivity index (χ2n) is 3.57. The Morgan fingerprint density at radius 2 is 2.00 bits per heavy atom. The number of rotatable bonds is 4. The number of thioether (sulfide) groups is 1. The van der Waals surface area contributed by atoms with Gasteiger partial charge in [0.25, 0.3) is 11.7 Å². The monoisotopic (exact) mass is 353 g/mol. The molecule has 1 N–H and O–H groups in total. The molecule has 106 valence electrons. The van der Waals surface area contributed by atoms with Crippen molar-refractivity contribution < 1.29 is 13.6 Å². The Kier molecular flexibility index (Phi) is 5.26. The molecule has 20 heavy (non-hydrogen) atoms. The molecule has 2 aromatic rings. The van der Waals surface area contributed by atoms with Crippen molar-refractivity contribution in [2.75, 3.05) is 5.32 Å². The van der Waals surface area contributed by atoms with Gasteiger partial charge in [-0.25, -0.2) is 0 Å². The lowest BCUT2D eigenvalue weighted by Crippen LogP contribution is -2.12. The number of carbonyl (C=O) groups is 1. The fourth-order valence-electron chi connectivity index (χ4n) is 1.45. The molecule has 0 unspecified atom stereocenters. The molecule has 0 radical (unpaired) electrons. The number of hydrogen-bond acceptors (Lipinski definition) is 3. The fraction of sp³-hybridized carbons (Fsp3) is 0.0833. The highest BCUT2D eigenvalue weighted by Gasteiger charge is 2.16. The van der Waals surface area contributed by atoms with Crippen molar-refractivity contribution in [2.45, 2.75) is 10.7 Å². The molecule has 0 atom stereocenters. The number of nitrogens with one attached hydrogen (secondary N) is 1. The summed E-state index contributed by atoms with van der Waals surface area (Å²) >= 11 is 13.1. The number of benzene rings is 1. The van der Waals surface area contributed by atoms with Gasteiger partial charge in [0, 0.05) is 4.90 Å². The smallest absolute Gasteiger partial charge is 0.288 e. The van der Waals surface area contributed by atoms with Crippen molar-refractivity contribution in [1.29, 1.82) is 0 Å². The van der Waals surface area contributed by atoms with Crippen molar-refractivity contribution in [3.63, 3.8) is 0 Å². The number of carbonyl (C=O) groups excluding carboxylic acids is 1. The van der Waals surface area contributed by atoms with E-state index in [2.05, 4.69) is 5.32 Å². The Morgan fingerprint density at radius 1 is 1.30 bits per heavy atom. The first-order valence-corrected chi connectivity index (χ1v) is 7.72. The Morgan fingerprint density at radius 3 is 2.60 bits per heavy atom. The summed E-state index contributed by atoms with van der Waals surface area (Å²) in [4.78, 5) is 12.3. The highest BCUT2D eigenvalue weighted by atomic mass is 35.5. The first kappa shape index (κ1) is 15.6. The van der Waals surface area contributed by atoms with E-state index in [1.54, 1.807) is 18.2 Å². The van der Waals surface area contributed by atoms with Crippen molar-refractivity contribution in [1.82, 2.24) is 0 Å². The van der Waals surface area contributed by atoms with Crippen molar-refractivity contribution in [3.8, 4) is 0 Å². The number of thiophene rings is 1. The summed E-state index contributed by atoms with van der Waals surface area (Å²) in [6, 6.07) is 7.76. The van der Waals surface area contributed by atoms with Gasteiger partial charge in [-0.15, -0.1) is 11.3 Å². The summed E-state index contributed by atoms with van der Waals surface area (Å²) in [6.45, 7) is 0. The minimum atomic E-state index is -2.56. The third kappa shape index (κ3) is 3.85. The molecule has 1 amide bonds. The zero-order valence-electron chi connectivity index (χ0n) is 9.70.